The SMILES string of the molecule is COc1ccc(CCNC(=O)Cn2cccc(-c3nc(-c4ccc(C)cc4)no3)c2=O)cc1OC. The molecular formula is C26H26N4O5. The maximum atomic E-state index is 13.0. The minimum Gasteiger partial charge on any atom is -0.493 e. The first kappa shape index (κ1) is 23.7. The van der Waals surface area contributed by atoms with Crippen molar-refractivity contribution in [2.24, 2.45) is 0 Å². The van der Waals surface area contributed by atoms with E-state index in [4.69, 9.17) is 14.0 Å². The number of amides is 1. The Morgan fingerprint density at radius 2 is 1.83 bits per heavy atom. The van der Waals surface area contributed by atoms with Crippen molar-refractivity contribution in [3.63, 3.8) is 0 Å². The molecule has 0 aliphatic carbocycles. The van der Waals surface area contributed by atoms with E-state index in [1.54, 1.807) is 32.5 Å². The predicted octanol–water partition coefficient (Wildman–Crippen LogP) is 3.25. The van der Waals surface area contributed by atoms with Crippen molar-refractivity contribution in [2.75, 3.05) is 20.8 Å². The molecule has 0 fully saturated rings. The summed E-state index contributed by atoms with van der Waals surface area (Å²) in [4.78, 5) is 29.8. The predicted molar refractivity (Wildman–Crippen MR) is 130 cm³/mol. The van der Waals surface area contributed by atoms with Gasteiger partial charge in [-0.3, -0.25) is 9.59 Å². The minimum absolute atomic E-state index is 0.105. The molecule has 0 saturated carbocycles. The summed E-state index contributed by atoms with van der Waals surface area (Å²) in [7, 11) is 3.16. The lowest BCUT2D eigenvalue weighted by atomic mass is 10.1. The van der Waals surface area contributed by atoms with Crippen LogP contribution in [0, 0.1) is 6.92 Å². The summed E-state index contributed by atoms with van der Waals surface area (Å²) in [6, 6.07) is 16.5. The highest BCUT2D eigenvalue weighted by Gasteiger charge is 2.16. The van der Waals surface area contributed by atoms with Gasteiger partial charge in [0.05, 0.1) is 14.2 Å². The van der Waals surface area contributed by atoms with Gasteiger partial charge in [0.25, 0.3) is 11.4 Å². The van der Waals surface area contributed by atoms with Crippen LogP contribution < -0.4 is 20.3 Å². The molecule has 0 radical (unpaired) electrons. The van der Waals surface area contributed by atoms with Crippen LogP contribution in [0.15, 0.2) is 70.1 Å². The summed E-state index contributed by atoms with van der Waals surface area (Å²) in [6.45, 7) is 2.27. The number of carbonyl (C=O) groups is 1. The molecule has 4 rings (SSSR count). The van der Waals surface area contributed by atoms with Gasteiger partial charge in [-0.05, 0) is 43.2 Å². The van der Waals surface area contributed by atoms with E-state index in [0.29, 0.717) is 30.3 Å². The second-order valence-electron chi connectivity index (χ2n) is 7.93. The molecule has 0 aliphatic rings. The van der Waals surface area contributed by atoms with Crippen LogP contribution in [0.1, 0.15) is 11.1 Å². The number of methoxy groups -OCH3 is 2. The van der Waals surface area contributed by atoms with Crippen LogP contribution in [0.2, 0.25) is 0 Å². The van der Waals surface area contributed by atoms with E-state index in [1.807, 2.05) is 49.4 Å². The van der Waals surface area contributed by atoms with Crippen molar-refractivity contribution < 1.29 is 18.8 Å². The van der Waals surface area contributed by atoms with Gasteiger partial charge in [0, 0.05) is 18.3 Å². The van der Waals surface area contributed by atoms with E-state index in [9.17, 15) is 9.59 Å². The van der Waals surface area contributed by atoms with Crippen molar-refractivity contribution in [1.82, 2.24) is 20.0 Å². The molecule has 0 aliphatic heterocycles. The Kier molecular flexibility index (Phi) is 7.25. The molecule has 4 aromatic rings. The van der Waals surface area contributed by atoms with Crippen LogP contribution in [0.5, 0.6) is 11.5 Å². The third-order valence-corrected chi connectivity index (χ3v) is 5.48. The molecule has 0 atom stereocenters. The molecule has 1 N–H and O–H groups in total. The molecule has 0 unspecified atom stereocenters. The highest BCUT2D eigenvalue weighted by atomic mass is 16.5. The minimum atomic E-state index is -0.387. The number of nitrogens with zero attached hydrogens (tertiary/aromatic N) is 3. The third-order valence-electron chi connectivity index (χ3n) is 5.48. The van der Waals surface area contributed by atoms with Crippen molar-refractivity contribution in [1.29, 1.82) is 0 Å². The smallest absolute Gasteiger partial charge is 0.263 e. The van der Waals surface area contributed by atoms with Crippen LogP contribution in [0.25, 0.3) is 22.8 Å². The molecule has 0 saturated heterocycles. The summed E-state index contributed by atoms with van der Waals surface area (Å²) < 4.78 is 17.2. The normalized spacial score (nSPS) is 10.7. The molecule has 2 aromatic carbocycles. The van der Waals surface area contributed by atoms with Gasteiger partial charge in [-0.15, -0.1) is 0 Å². The Labute approximate surface area is 202 Å². The third kappa shape index (κ3) is 5.57. The Hall–Kier alpha value is -4.40. The standard InChI is InChI=1S/C26H26N4O5/c1-17-6-9-19(10-7-17)24-28-25(35-29-24)20-5-4-14-30(26(20)32)16-23(31)27-13-12-18-8-11-21(33-2)22(15-18)34-3/h4-11,14-15H,12-13,16H2,1-3H3,(H,27,31). The Balaban J connectivity index is 1.40. The van der Waals surface area contributed by atoms with Crippen molar-refractivity contribution in [2.45, 2.75) is 19.9 Å². The van der Waals surface area contributed by atoms with Crippen LogP contribution in [0.3, 0.4) is 0 Å². The fraction of sp³-hybridized carbons (Fsp3) is 0.231. The first-order chi connectivity index (χ1) is 17.0. The van der Waals surface area contributed by atoms with Crippen LogP contribution in [-0.4, -0.2) is 41.4 Å². The summed E-state index contributed by atoms with van der Waals surface area (Å²) in [5, 5.41) is 6.83. The molecule has 2 heterocycles. The first-order valence-corrected chi connectivity index (χ1v) is 11.1. The number of benzene rings is 2. The van der Waals surface area contributed by atoms with Gasteiger partial charge in [-0.2, -0.15) is 4.98 Å². The number of rotatable bonds is 9. The number of nitrogens with one attached hydrogen (secondary N) is 1. The first-order valence-electron chi connectivity index (χ1n) is 11.1. The van der Waals surface area contributed by atoms with E-state index in [-0.39, 0.29) is 29.5 Å². The van der Waals surface area contributed by atoms with Crippen molar-refractivity contribution in [3.05, 3.63) is 82.3 Å². The topological polar surface area (TPSA) is 108 Å². The maximum Gasteiger partial charge on any atom is 0.263 e. The number of pyridine rings is 1. The lowest BCUT2D eigenvalue weighted by Crippen LogP contribution is -2.33. The lowest BCUT2D eigenvalue weighted by molar-refractivity contribution is -0.121. The molecule has 1 amide bonds. The van der Waals surface area contributed by atoms with Gasteiger partial charge in [-0.25, -0.2) is 0 Å². The zero-order chi connectivity index (χ0) is 24.8. The number of hydrogen-bond acceptors (Lipinski definition) is 7. The van der Waals surface area contributed by atoms with Crippen LogP contribution >= 0.6 is 0 Å². The number of ether oxygens (including phenoxy) is 2. The summed E-state index contributed by atoms with van der Waals surface area (Å²) in [5.41, 5.74) is 2.74. The molecule has 0 bridgehead atoms. The number of hydrogen-bond donors (Lipinski definition) is 1. The van der Waals surface area contributed by atoms with Gasteiger partial charge in [0.2, 0.25) is 11.7 Å². The molecule has 0 spiro atoms. The quantitative estimate of drug-likeness (QED) is 0.397. The van der Waals surface area contributed by atoms with E-state index in [2.05, 4.69) is 15.5 Å². The van der Waals surface area contributed by atoms with Gasteiger partial charge < -0.3 is 23.9 Å². The molecular weight excluding hydrogens is 448 g/mol. The Bertz CT molecular complexity index is 1380. The molecule has 35 heavy (non-hydrogen) atoms. The van der Waals surface area contributed by atoms with Crippen LogP contribution in [0.4, 0.5) is 0 Å². The number of aromatic nitrogens is 3. The van der Waals surface area contributed by atoms with E-state index < -0.39 is 0 Å². The molecule has 180 valence electrons. The van der Waals surface area contributed by atoms with Crippen molar-refractivity contribution in [3.8, 4) is 34.3 Å². The summed E-state index contributed by atoms with van der Waals surface area (Å²) >= 11 is 0. The highest BCUT2D eigenvalue weighted by molar-refractivity contribution is 5.75. The molecule has 2 aromatic heterocycles. The fourth-order valence-corrected chi connectivity index (χ4v) is 3.57. The summed E-state index contributed by atoms with van der Waals surface area (Å²) in [5.74, 6) is 1.49. The van der Waals surface area contributed by atoms with Crippen LogP contribution in [-0.2, 0) is 17.8 Å². The molecule has 9 nitrogen and oxygen atoms in total. The average Bonchev–Trinajstić information content (AvgIpc) is 3.35. The van der Waals surface area contributed by atoms with Gasteiger partial charge in [0.15, 0.2) is 11.5 Å². The zero-order valence-corrected chi connectivity index (χ0v) is 19.8. The van der Waals surface area contributed by atoms with E-state index in [0.717, 1.165) is 16.7 Å². The van der Waals surface area contributed by atoms with Gasteiger partial charge in [0.1, 0.15) is 12.1 Å². The van der Waals surface area contributed by atoms with E-state index in [1.165, 1.54) is 4.57 Å². The second kappa shape index (κ2) is 10.7. The molecule has 9 heteroatoms. The lowest BCUT2D eigenvalue weighted by Gasteiger charge is -2.11. The number of aryl methyl sites for hydroxylation is 1. The van der Waals surface area contributed by atoms with Gasteiger partial charge >= 0.3 is 0 Å². The Morgan fingerprint density at radius 3 is 2.57 bits per heavy atom. The summed E-state index contributed by atoms with van der Waals surface area (Å²) in [6.07, 6.45) is 2.15. The Morgan fingerprint density at radius 1 is 1.06 bits per heavy atom. The largest absolute Gasteiger partial charge is 0.493 e. The number of carbonyl (C=O) groups excluding carboxylic acids is 1. The van der Waals surface area contributed by atoms with Crippen molar-refractivity contribution >= 4 is 5.91 Å². The zero-order valence-electron chi connectivity index (χ0n) is 19.8. The highest BCUT2D eigenvalue weighted by Crippen LogP contribution is 2.27. The average molecular weight is 475 g/mol. The van der Waals surface area contributed by atoms with E-state index >= 15 is 0 Å². The fourth-order valence-electron chi connectivity index (χ4n) is 3.57. The van der Waals surface area contributed by atoms with Gasteiger partial charge in [-0.1, -0.05) is 41.1 Å². The second-order valence-corrected chi connectivity index (χ2v) is 7.93. The monoisotopic (exact) mass is 474 g/mol. The maximum absolute atomic E-state index is 13.0.